The highest BCUT2D eigenvalue weighted by Crippen LogP contribution is 2.33. The molecule has 5 nitrogen and oxygen atoms in total. The van der Waals surface area contributed by atoms with Gasteiger partial charge in [0.25, 0.3) is 0 Å². The van der Waals surface area contributed by atoms with Crippen LogP contribution in [-0.2, 0) is 10.0 Å². The van der Waals surface area contributed by atoms with Crippen molar-refractivity contribution in [1.82, 2.24) is 14.3 Å². The molecule has 6 heteroatoms. The van der Waals surface area contributed by atoms with E-state index in [1.54, 1.807) is 34.8 Å². The van der Waals surface area contributed by atoms with Gasteiger partial charge >= 0.3 is 0 Å². The van der Waals surface area contributed by atoms with Gasteiger partial charge in [-0.3, -0.25) is 4.98 Å². The monoisotopic (exact) mass is 341 g/mol. The Morgan fingerprint density at radius 3 is 2.54 bits per heavy atom. The number of hydrogen-bond donors (Lipinski definition) is 1. The molecule has 3 aromatic rings. The van der Waals surface area contributed by atoms with Gasteiger partial charge in [0.1, 0.15) is 0 Å². The molecule has 0 saturated carbocycles. The quantitative estimate of drug-likeness (QED) is 0.796. The minimum absolute atomic E-state index is 0.343. The summed E-state index contributed by atoms with van der Waals surface area (Å²) in [5.41, 5.74) is 3.23. The van der Waals surface area contributed by atoms with Gasteiger partial charge < -0.3 is 4.98 Å². The minimum Gasteiger partial charge on any atom is -0.360 e. The number of H-pyrrole nitrogens is 1. The predicted octanol–water partition coefficient (Wildman–Crippen LogP) is 3.13. The average molecular weight is 341 g/mol. The van der Waals surface area contributed by atoms with Crippen LogP contribution in [0.2, 0.25) is 0 Å². The molecule has 4 rings (SSSR count). The fourth-order valence-corrected chi connectivity index (χ4v) is 4.93. The Morgan fingerprint density at radius 1 is 1.04 bits per heavy atom. The van der Waals surface area contributed by atoms with Crippen LogP contribution in [-0.4, -0.2) is 35.8 Å². The van der Waals surface area contributed by atoms with E-state index in [4.69, 9.17) is 0 Å². The molecule has 1 aromatic carbocycles. The zero-order valence-electron chi connectivity index (χ0n) is 13.2. The molecule has 0 spiro atoms. The van der Waals surface area contributed by atoms with Gasteiger partial charge in [0, 0.05) is 25.5 Å². The molecule has 0 unspecified atom stereocenters. The lowest BCUT2D eigenvalue weighted by atomic mass is 9.91. The number of nitrogens with zero attached hydrogens (tertiary/aromatic N) is 2. The summed E-state index contributed by atoms with van der Waals surface area (Å²) in [6, 6.07) is 12.6. The van der Waals surface area contributed by atoms with E-state index in [0.717, 1.165) is 23.9 Å². The van der Waals surface area contributed by atoms with Gasteiger partial charge in [0.05, 0.1) is 15.9 Å². The molecular formula is C18H19N3O2S. The Kier molecular flexibility index (Phi) is 3.86. The lowest BCUT2D eigenvalue weighted by Gasteiger charge is -2.31. The molecule has 1 aliphatic rings. The SMILES string of the molecule is O=S(=O)(c1ccccc1)N1CCC(c2c[nH]c3cccnc23)CC1. The Hall–Kier alpha value is -2.18. The second-order valence-corrected chi connectivity index (χ2v) is 8.07. The fourth-order valence-electron chi connectivity index (χ4n) is 3.44. The topological polar surface area (TPSA) is 66.1 Å². The first kappa shape index (κ1) is 15.4. The molecule has 1 N–H and O–H groups in total. The molecule has 3 heterocycles. The first-order valence-corrected chi connectivity index (χ1v) is 9.57. The maximum Gasteiger partial charge on any atom is 0.243 e. The van der Waals surface area contributed by atoms with Crippen LogP contribution < -0.4 is 0 Å². The molecule has 0 bridgehead atoms. The first-order valence-electron chi connectivity index (χ1n) is 8.13. The maximum atomic E-state index is 12.7. The molecule has 1 aliphatic heterocycles. The number of nitrogens with one attached hydrogen (secondary N) is 1. The van der Waals surface area contributed by atoms with E-state index in [2.05, 4.69) is 9.97 Å². The minimum atomic E-state index is -3.39. The molecular weight excluding hydrogens is 322 g/mol. The van der Waals surface area contributed by atoms with Crippen molar-refractivity contribution in [3.8, 4) is 0 Å². The molecule has 0 amide bonds. The summed E-state index contributed by atoms with van der Waals surface area (Å²) in [4.78, 5) is 8.10. The molecule has 0 radical (unpaired) electrons. The summed E-state index contributed by atoms with van der Waals surface area (Å²) < 4.78 is 27.0. The smallest absolute Gasteiger partial charge is 0.243 e. The van der Waals surface area contributed by atoms with E-state index in [0.29, 0.717) is 23.9 Å². The van der Waals surface area contributed by atoms with Crippen molar-refractivity contribution >= 4 is 21.1 Å². The third-order valence-electron chi connectivity index (χ3n) is 4.74. The van der Waals surface area contributed by atoms with Gasteiger partial charge in [-0.15, -0.1) is 0 Å². The van der Waals surface area contributed by atoms with Crippen molar-refractivity contribution < 1.29 is 8.42 Å². The molecule has 1 fully saturated rings. The van der Waals surface area contributed by atoms with Crippen molar-refractivity contribution in [2.45, 2.75) is 23.7 Å². The van der Waals surface area contributed by atoms with Crippen molar-refractivity contribution in [2.24, 2.45) is 0 Å². The van der Waals surface area contributed by atoms with Gasteiger partial charge in [-0.25, -0.2) is 8.42 Å². The molecule has 0 aliphatic carbocycles. The van der Waals surface area contributed by atoms with Gasteiger partial charge in [-0.1, -0.05) is 18.2 Å². The summed E-state index contributed by atoms with van der Waals surface area (Å²) >= 11 is 0. The van der Waals surface area contributed by atoms with Gasteiger partial charge in [-0.2, -0.15) is 4.31 Å². The van der Waals surface area contributed by atoms with Crippen LogP contribution in [0.15, 0.2) is 59.8 Å². The van der Waals surface area contributed by atoms with Gasteiger partial charge in [0.2, 0.25) is 10.0 Å². The molecule has 24 heavy (non-hydrogen) atoms. The van der Waals surface area contributed by atoms with Crippen molar-refractivity contribution in [2.75, 3.05) is 13.1 Å². The standard InChI is InChI=1S/C18H19N3O2S/c22-24(23,15-5-2-1-3-6-15)21-11-8-14(9-12-21)16-13-20-17-7-4-10-19-18(16)17/h1-7,10,13-14,20H,8-9,11-12H2. The zero-order chi connectivity index (χ0) is 16.6. The van der Waals surface area contributed by atoms with Crippen LogP contribution in [0.1, 0.15) is 24.3 Å². The summed E-state index contributed by atoms with van der Waals surface area (Å²) in [6.45, 7) is 1.09. The summed E-state index contributed by atoms with van der Waals surface area (Å²) in [6.07, 6.45) is 5.45. The fraction of sp³-hybridized carbons (Fsp3) is 0.278. The number of hydrogen-bond acceptors (Lipinski definition) is 3. The normalized spacial score (nSPS) is 17.3. The van der Waals surface area contributed by atoms with E-state index >= 15 is 0 Å². The highest BCUT2D eigenvalue weighted by molar-refractivity contribution is 7.89. The average Bonchev–Trinajstić information content (AvgIpc) is 3.07. The van der Waals surface area contributed by atoms with Crippen LogP contribution in [0, 0.1) is 0 Å². The van der Waals surface area contributed by atoms with E-state index in [9.17, 15) is 8.42 Å². The van der Waals surface area contributed by atoms with Crippen molar-refractivity contribution in [1.29, 1.82) is 0 Å². The van der Waals surface area contributed by atoms with Crippen LogP contribution in [0.3, 0.4) is 0 Å². The van der Waals surface area contributed by atoms with E-state index in [1.807, 2.05) is 24.4 Å². The summed E-state index contributed by atoms with van der Waals surface area (Å²) in [5, 5.41) is 0. The third-order valence-corrected chi connectivity index (χ3v) is 6.65. The number of pyridine rings is 1. The number of aromatic nitrogens is 2. The van der Waals surface area contributed by atoms with Crippen molar-refractivity contribution in [3.63, 3.8) is 0 Å². The zero-order valence-corrected chi connectivity index (χ0v) is 14.0. The van der Waals surface area contributed by atoms with Gasteiger partial charge in [0.15, 0.2) is 0 Å². The second-order valence-electron chi connectivity index (χ2n) is 6.13. The third kappa shape index (κ3) is 2.61. The van der Waals surface area contributed by atoms with Crippen LogP contribution in [0.25, 0.3) is 11.0 Å². The lowest BCUT2D eigenvalue weighted by Crippen LogP contribution is -2.37. The highest BCUT2D eigenvalue weighted by Gasteiger charge is 2.30. The largest absolute Gasteiger partial charge is 0.360 e. The second kappa shape index (κ2) is 6.03. The van der Waals surface area contributed by atoms with E-state index in [-0.39, 0.29) is 0 Å². The van der Waals surface area contributed by atoms with E-state index < -0.39 is 10.0 Å². The van der Waals surface area contributed by atoms with Crippen LogP contribution in [0.5, 0.6) is 0 Å². The number of benzene rings is 1. The van der Waals surface area contributed by atoms with E-state index in [1.165, 1.54) is 5.56 Å². The lowest BCUT2D eigenvalue weighted by molar-refractivity contribution is 0.320. The summed E-state index contributed by atoms with van der Waals surface area (Å²) in [7, 11) is -3.39. The van der Waals surface area contributed by atoms with Crippen LogP contribution in [0.4, 0.5) is 0 Å². The number of fused-ring (bicyclic) bond motifs is 1. The molecule has 1 saturated heterocycles. The Balaban J connectivity index is 1.53. The number of rotatable bonds is 3. The maximum absolute atomic E-state index is 12.7. The van der Waals surface area contributed by atoms with Crippen molar-refractivity contribution in [3.05, 3.63) is 60.4 Å². The number of sulfonamides is 1. The predicted molar refractivity (Wildman–Crippen MR) is 93.3 cm³/mol. The Morgan fingerprint density at radius 2 is 1.79 bits per heavy atom. The van der Waals surface area contributed by atoms with Crippen LogP contribution >= 0.6 is 0 Å². The summed E-state index contributed by atoms with van der Waals surface area (Å²) in [5.74, 6) is 0.343. The number of aromatic amines is 1. The van der Waals surface area contributed by atoms with Gasteiger partial charge in [-0.05, 0) is 48.6 Å². The Bertz CT molecular complexity index is 943. The first-order chi connectivity index (χ1) is 11.7. The highest BCUT2D eigenvalue weighted by atomic mass is 32.2. The Labute approximate surface area is 141 Å². The molecule has 124 valence electrons. The number of piperidine rings is 1. The molecule has 0 atom stereocenters. The molecule has 2 aromatic heterocycles.